The van der Waals surface area contributed by atoms with Gasteiger partial charge in [0.2, 0.25) is 15.9 Å². The lowest BCUT2D eigenvalue weighted by molar-refractivity contribution is -0.121. The molecule has 2 N–H and O–H groups in total. The Morgan fingerprint density at radius 3 is 2.83 bits per heavy atom. The average molecular weight is 337 g/mol. The van der Waals surface area contributed by atoms with Crippen molar-refractivity contribution < 1.29 is 17.6 Å². The second-order valence-electron chi connectivity index (χ2n) is 5.61. The third kappa shape index (κ3) is 2.57. The van der Waals surface area contributed by atoms with E-state index in [1.165, 1.54) is 6.07 Å². The van der Waals surface area contributed by atoms with Crippen LogP contribution < -0.4 is 5.73 Å². The normalized spacial score (nSPS) is 22.5. The number of carbonyl (C=O) groups excluding carboxylic acids is 1. The predicted molar refractivity (Wildman–Crippen MR) is 82.9 cm³/mol. The fourth-order valence-electron chi connectivity index (χ4n) is 2.92. The molecule has 2 atom stereocenters. The number of aryl methyl sites for hydroxylation is 1. The van der Waals surface area contributed by atoms with Crippen molar-refractivity contribution in [2.45, 2.75) is 30.5 Å². The number of primary amides is 1. The molecule has 122 valence electrons. The van der Waals surface area contributed by atoms with E-state index in [4.69, 9.17) is 5.73 Å². The number of nitrogens with zero attached hydrogens (tertiary/aromatic N) is 2. The van der Waals surface area contributed by atoms with Crippen LogP contribution in [0.25, 0.3) is 10.9 Å². The van der Waals surface area contributed by atoms with Crippen molar-refractivity contribution in [1.82, 2.24) is 9.29 Å². The zero-order valence-electron chi connectivity index (χ0n) is 12.4. The Bertz CT molecular complexity index is 885. The Hall–Kier alpha value is -2.06. The van der Waals surface area contributed by atoms with Gasteiger partial charge in [0, 0.05) is 24.5 Å². The summed E-state index contributed by atoms with van der Waals surface area (Å²) in [6.45, 7) is 1.46. The van der Waals surface area contributed by atoms with Crippen LogP contribution in [0.4, 0.5) is 4.39 Å². The number of sulfonamides is 1. The van der Waals surface area contributed by atoms with Crippen LogP contribution in [0.3, 0.4) is 0 Å². The highest BCUT2D eigenvalue weighted by molar-refractivity contribution is 7.89. The summed E-state index contributed by atoms with van der Waals surface area (Å²) in [6, 6.07) is 5.21. The zero-order chi connectivity index (χ0) is 16.8. The lowest BCUT2D eigenvalue weighted by Crippen LogP contribution is -2.43. The van der Waals surface area contributed by atoms with Crippen LogP contribution in [-0.2, 0) is 14.8 Å². The molecule has 0 bridgehead atoms. The van der Waals surface area contributed by atoms with Crippen molar-refractivity contribution in [1.29, 1.82) is 0 Å². The molecule has 1 amide bonds. The number of amides is 1. The molecule has 23 heavy (non-hydrogen) atoms. The topological polar surface area (TPSA) is 93.4 Å². The van der Waals surface area contributed by atoms with E-state index in [1.807, 2.05) is 6.92 Å². The molecular formula is C15H16FN3O3S. The Morgan fingerprint density at radius 2 is 2.13 bits per heavy atom. The molecule has 0 spiro atoms. The smallest absolute Gasteiger partial charge is 0.244 e. The largest absolute Gasteiger partial charge is 0.368 e. The number of pyridine rings is 1. The molecule has 0 aliphatic carbocycles. The van der Waals surface area contributed by atoms with Crippen LogP contribution in [0.1, 0.15) is 12.0 Å². The van der Waals surface area contributed by atoms with Gasteiger partial charge in [-0.25, -0.2) is 12.8 Å². The summed E-state index contributed by atoms with van der Waals surface area (Å²) in [4.78, 5) is 15.7. The Morgan fingerprint density at radius 1 is 1.39 bits per heavy atom. The lowest BCUT2D eigenvalue weighted by Gasteiger charge is -2.22. The summed E-state index contributed by atoms with van der Waals surface area (Å²) in [7, 11) is -4.06. The number of nitrogens with two attached hydrogens (primary N) is 1. The molecule has 2 aromatic rings. The number of fused-ring (bicyclic) bond motifs is 1. The molecule has 0 saturated carbocycles. The molecule has 1 aliphatic heterocycles. The number of hydrogen-bond acceptors (Lipinski definition) is 4. The summed E-state index contributed by atoms with van der Waals surface area (Å²) >= 11 is 0. The zero-order valence-corrected chi connectivity index (χ0v) is 13.3. The summed E-state index contributed by atoms with van der Waals surface area (Å²) in [6.07, 6.45) is -0.0424. The number of halogens is 1. The van der Waals surface area contributed by atoms with E-state index in [1.54, 1.807) is 24.4 Å². The van der Waals surface area contributed by atoms with Crippen LogP contribution in [0, 0.1) is 6.92 Å². The Balaban J connectivity index is 2.18. The second-order valence-corrected chi connectivity index (χ2v) is 7.47. The van der Waals surface area contributed by atoms with E-state index < -0.39 is 28.1 Å². The molecule has 1 aromatic carbocycles. The van der Waals surface area contributed by atoms with Gasteiger partial charge < -0.3 is 5.73 Å². The van der Waals surface area contributed by atoms with Gasteiger partial charge in [-0.05, 0) is 30.7 Å². The van der Waals surface area contributed by atoms with Gasteiger partial charge in [-0.2, -0.15) is 4.31 Å². The minimum atomic E-state index is -4.06. The van der Waals surface area contributed by atoms with Gasteiger partial charge in [0.15, 0.2) is 0 Å². The molecule has 2 heterocycles. The second kappa shape index (κ2) is 5.54. The summed E-state index contributed by atoms with van der Waals surface area (Å²) in [5.41, 5.74) is 6.62. The number of aromatic nitrogens is 1. The fraction of sp³-hybridized carbons (Fsp3) is 0.333. The highest BCUT2D eigenvalue weighted by atomic mass is 32.2. The quantitative estimate of drug-likeness (QED) is 0.908. The van der Waals surface area contributed by atoms with Gasteiger partial charge in [0.1, 0.15) is 12.2 Å². The first-order valence-electron chi connectivity index (χ1n) is 7.12. The van der Waals surface area contributed by atoms with Crippen LogP contribution in [-0.4, -0.2) is 42.4 Å². The maximum atomic E-state index is 13.7. The number of hydrogen-bond donors (Lipinski definition) is 1. The molecule has 1 fully saturated rings. The van der Waals surface area contributed by atoms with Gasteiger partial charge in [0.05, 0.1) is 10.4 Å². The molecule has 1 aromatic heterocycles. The van der Waals surface area contributed by atoms with Crippen LogP contribution in [0.2, 0.25) is 0 Å². The number of alkyl halides is 1. The van der Waals surface area contributed by atoms with Crippen molar-refractivity contribution in [3.05, 3.63) is 36.0 Å². The Labute approximate surface area is 133 Å². The van der Waals surface area contributed by atoms with Crippen LogP contribution in [0.15, 0.2) is 35.4 Å². The third-order valence-corrected chi connectivity index (χ3v) is 5.98. The monoisotopic (exact) mass is 337 g/mol. The van der Waals surface area contributed by atoms with Crippen molar-refractivity contribution in [2.24, 2.45) is 5.73 Å². The van der Waals surface area contributed by atoms with E-state index in [-0.39, 0.29) is 17.9 Å². The van der Waals surface area contributed by atoms with Gasteiger partial charge in [0.25, 0.3) is 0 Å². The number of benzene rings is 1. The molecule has 1 saturated heterocycles. The molecule has 0 unspecified atom stereocenters. The average Bonchev–Trinajstić information content (AvgIpc) is 2.91. The predicted octanol–water partition coefficient (Wildman–Crippen LogP) is 1.13. The van der Waals surface area contributed by atoms with E-state index in [0.717, 1.165) is 9.87 Å². The lowest BCUT2D eigenvalue weighted by atomic mass is 10.1. The van der Waals surface area contributed by atoms with Crippen molar-refractivity contribution in [3.8, 4) is 0 Å². The molecule has 3 rings (SSSR count). The summed E-state index contributed by atoms with van der Waals surface area (Å²) in [5.74, 6) is -0.844. The van der Waals surface area contributed by atoms with Gasteiger partial charge >= 0.3 is 0 Å². The number of carbonyl (C=O) groups is 1. The Kier molecular flexibility index (Phi) is 3.81. The van der Waals surface area contributed by atoms with E-state index in [9.17, 15) is 17.6 Å². The van der Waals surface area contributed by atoms with Gasteiger partial charge in [-0.1, -0.05) is 6.07 Å². The summed E-state index contributed by atoms with van der Waals surface area (Å²) in [5, 5.41) is 0.443. The standard InChI is InChI=1S/C15H16FN3O3S/c1-9-4-5-13(11-3-2-6-18-14(9)11)23(21,22)19-8-10(16)7-12(19)15(17)20/h2-6,10,12H,7-8H2,1H3,(H2,17,20)/t10-,12+/m1/s1. The molecule has 0 radical (unpaired) electrons. The first-order chi connectivity index (χ1) is 10.8. The fourth-order valence-corrected chi connectivity index (χ4v) is 4.74. The highest BCUT2D eigenvalue weighted by Crippen LogP contribution is 2.32. The first kappa shape index (κ1) is 15.8. The third-order valence-electron chi connectivity index (χ3n) is 4.05. The maximum Gasteiger partial charge on any atom is 0.244 e. The minimum Gasteiger partial charge on any atom is -0.368 e. The SMILES string of the molecule is Cc1ccc(S(=O)(=O)N2C[C@H](F)C[C@H]2C(N)=O)c2cccnc12. The van der Waals surface area contributed by atoms with Crippen molar-refractivity contribution in [3.63, 3.8) is 0 Å². The minimum absolute atomic E-state index is 0.00606. The number of rotatable bonds is 3. The first-order valence-corrected chi connectivity index (χ1v) is 8.56. The van der Waals surface area contributed by atoms with E-state index in [0.29, 0.717) is 10.9 Å². The van der Waals surface area contributed by atoms with Gasteiger partial charge in [-0.15, -0.1) is 0 Å². The van der Waals surface area contributed by atoms with E-state index >= 15 is 0 Å². The maximum absolute atomic E-state index is 13.7. The van der Waals surface area contributed by atoms with Crippen LogP contribution >= 0.6 is 0 Å². The van der Waals surface area contributed by atoms with Gasteiger partial charge in [-0.3, -0.25) is 9.78 Å². The highest BCUT2D eigenvalue weighted by Gasteiger charge is 2.43. The van der Waals surface area contributed by atoms with Crippen LogP contribution in [0.5, 0.6) is 0 Å². The van der Waals surface area contributed by atoms with E-state index in [2.05, 4.69) is 4.98 Å². The van der Waals surface area contributed by atoms with Crippen molar-refractivity contribution >= 4 is 26.8 Å². The summed E-state index contributed by atoms with van der Waals surface area (Å²) < 4.78 is 40.4. The van der Waals surface area contributed by atoms with Crippen molar-refractivity contribution in [2.75, 3.05) is 6.54 Å². The molecule has 1 aliphatic rings. The molecular weight excluding hydrogens is 321 g/mol. The molecule has 6 nitrogen and oxygen atoms in total. The molecule has 8 heteroatoms.